The third-order valence-electron chi connectivity index (χ3n) is 3.79. The van der Waals surface area contributed by atoms with E-state index >= 15 is 0 Å². The molecule has 0 radical (unpaired) electrons. The molecule has 1 aromatic heterocycles. The summed E-state index contributed by atoms with van der Waals surface area (Å²) in [5.74, 6) is 1.61. The topological polar surface area (TPSA) is 64.6 Å². The zero-order chi connectivity index (χ0) is 19.7. The number of rotatable bonds is 6. The van der Waals surface area contributed by atoms with E-state index in [1.54, 1.807) is 0 Å². The number of hydrazine groups is 1. The minimum Gasteiger partial charge on any atom is -0.364 e. The van der Waals surface area contributed by atoms with Gasteiger partial charge in [0.1, 0.15) is 12.5 Å². The maximum atomic E-state index is 4.49. The Bertz CT molecular complexity index is 723. The maximum absolute atomic E-state index is 4.49. The Morgan fingerprint density at radius 2 is 1.85 bits per heavy atom. The molecule has 27 heavy (non-hydrogen) atoms. The predicted octanol–water partition coefficient (Wildman–Crippen LogP) is 2.98. The second-order valence-corrected chi connectivity index (χ2v) is 7.02. The number of nitrogens with zero attached hydrogens (tertiary/aromatic N) is 4. The molecule has 7 heteroatoms. The van der Waals surface area contributed by atoms with Crippen molar-refractivity contribution in [2.24, 2.45) is 4.99 Å². The number of pyridine rings is 1. The summed E-state index contributed by atoms with van der Waals surface area (Å²) in [6.45, 7) is 6.46. The highest BCUT2D eigenvalue weighted by Crippen LogP contribution is 2.18. The summed E-state index contributed by atoms with van der Waals surface area (Å²) >= 11 is 0. The largest absolute Gasteiger partial charge is 0.364 e. The molecule has 1 aromatic carbocycles. The Balaban J connectivity index is 0.00000126. The van der Waals surface area contributed by atoms with Crippen LogP contribution in [0.15, 0.2) is 53.7 Å². The van der Waals surface area contributed by atoms with Gasteiger partial charge in [-0.05, 0) is 18.2 Å². The Labute approximate surface area is 162 Å². The van der Waals surface area contributed by atoms with Crippen LogP contribution in [0.5, 0.6) is 0 Å². The first-order chi connectivity index (χ1) is 13.0. The number of benzene rings is 1. The number of nitrogens with one attached hydrogen (secondary N) is 3. The lowest BCUT2D eigenvalue weighted by Gasteiger charge is -2.24. The molecule has 0 amide bonds. The molecule has 2 aromatic rings. The normalized spacial score (nSPS) is 13.2. The SMILES string of the molecule is CC.C[N+](C)(C)CCNc1cc(N2CN=C(Nc3ccccc3)N2)ccn1. The molecule has 7 nitrogen and oxygen atoms in total. The average molecular weight is 371 g/mol. The first-order valence-electron chi connectivity index (χ1n) is 9.41. The van der Waals surface area contributed by atoms with Gasteiger partial charge < -0.3 is 15.1 Å². The van der Waals surface area contributed by atoms with Crippen LogP contribution >= 0.6 is 0 Å². The second kappa shape index (κ2) is 9.78. The molecule has 0 unspecified atom stereocenters. The highest BCUT2D eigenvalue weighted by molar-refractivity contribution is 5.96. The van der Waals surface area contributed by atoms with Gasteiger partial charge in [-0.2, -0.15) is 0 Å². The van der Waals surface area contributed by atoms with Crippen LogP contribution in [-0.2, 0) is 0 Å². The highest BCUT2D eigenvalue weighted by atomic mass is 15.6. The van der Waals surface area contributed by atoms with Gasteiger partial charge in [0, 0.05) is 18.0 Å². The molecule has 3 N–H and O–H groups in total. The lowest BCUT2D eigenvalue weighted by atomic mass is 10.3. The zero-order valence-corrected chi connectivity index (χ0v) is 17.0. The lowest BCUT2D eigenvalue weighted by Crippen LogP contribution is -2.39. The van der Waals surface area contributed by atoms with E-state index in [1.807, 2.05) is 67.5 Å². The van der Waals surface area contributed by atoms with E-state index < -0.39 is 0 Å². The summed E-state index contributed by atoms with van der Waals surface area (Å²) in [6, 6.07) is 14.0. The first-order valence-corrected chi connectivity index (χ1v) is 9.41. The van der Waals surface area contributed by atoms with Crippen molar-refractivity contribution in [2.75, 3.05) is 56.5 Å². The number of aliphatic imine (C=N–C) groups is 1. The smallest absolute Gasteiger partial charge is 0.216 e. The van der Waals surface area contributed by atoms with Crippen LogP contribution in [0.4, 0.5) is 17.2 Å². The molecule has 1 aliphatic rings. The molecule has 2 heterocycles. The molecule has 0 saturated heterocycles. The van der Waals surface area contributed by atoms with E-state index in [0.29, 0.717) is 6.67 Å². The van der Waals surface area contributed by atoms with Crippen molar-refractivity contribution in [2.45, 2.75) is 13.8 Å². The average Bonchev–Trinajstić information content (AvgIpc) is 3.12. The van der Waals surface area contributed by atoms with Crippen LogP contribution < -0.4 is 21.1 Å². The van der Waals surface area contributed by atoms with Gasteiger partial charge in [0.05, 0.1) is 39.9 Å². The fourth-order valence-corrected chi connectivity index (χ4v) is 2.42. The van der Waals surface area contributed by atoms with Crippen LogP contribution in [0.25, 0.3) is 0 Å². The van der Waals surface area contributed by atoms with E-state index in [0.717, 1.165) is 40.7 Å². The standard InChI is InChI=1S/C18H26N7.C2H6/c1-25(2,3)12-11-20-17-13-16(9-10-19-17)24-14-21-18(23-24)22-15-7-5-4-6-8-15;1-2/h4-10,13H,11-12,14H2,1-3H3,(H,19,20)(H2,21,22,23);1-2H3/q+1;. The number of likely N-dealkylation sites (N-methyl/N-ethyl adjacent to an activating group) is 1. The number of guanidine groups is 1. The van der Waals surface area contributed by atoms with Crippen molar-refractivity contribution >= 4 is 23.2 Å². The van der Waals surface area contributed by atoms with Gasteiger partial charge in [-0.1, -0.05) is 32.0 Å². The van der Waals surface area contributed by atoms with Gasteiger partial charge >= 0.3 is 0 Å². The molecular formula is C20H32N7+. The van der Waals surface area contributed by atoms with Crippen molar-refractivity contribution in [3.05, 3.63) is 48.7 Å². The van der Waals surface area contributed by atoms with Crippen LogP contribution in [0.3, 0.4) is 0 Å². The maximum Gasteiger partial charge on any atom is 0.216 e. The van der Waals surface area contributed by atoms with Crippen LogP contribution in [0, 0.1) is 0 Å². The summed E-state index contributed by atoms with van der Waals surface area (Å²) in [5.41, 5.74) is 5.31. The molecule has 3 rings (SSSR count). The molecule has 1 aliphatic heterocycles. The Morgan fingerprint density at radius 1 is 1.11 bits per heavy atom. The molecular weight excluding hydrogens is 338 g/mol. The van der Waals surface area contributed by atoms with Crippen molar-refractivity contribution in [1.82, 2.24) is 10.4 Å². The van der Waals surface area contributed by atoms with Crippen molar-refractivity contribution < 1.29 is 4.48 Å². The van der Waals surface area contributed by atoms with Crippen LogP contribution in [0.2, 0.25) is 0 Å². The quantitative estimate of drug-likeness (QED) is 0.682. The summed E-state index contributed by atoms with van der Waals surface area (Å²) in [6.07, 6.45) is 1.81. The number of hydrogen-bond acceptors (Lipinski definition) is 6. The Kier molecular flexibility index (Phi) is 7.43. The molecule has 0 atom stereocenters. The number of para-hydroxylation sites is 1. The molecule has 0 fully saturated rings. The van der Waals surface area contributed by atoms with E-state index in [1.165, 1.54) is 0 Å². The zero-order valence-electron chi connectivity index (χ0n) is 17.0. The number of anilines is 3. The summed E-state index contributed by atoms with van der Waals surface area (Å²) in [4.78, 5) is 8.88. The van der Waals surface area contributed by atoms with Crippen LogP contribution in [0.1, 0.15) is 13.8 Å². The lowest BCUT2D eigenvalue weighted by molar-refractivity contribution is -0.868. The molecule has 0 aliphatic carbocycles. The summed E-state index contributed by atoms with van der Waals surface area (Å²) < 4.78 is 0.919. The van der Waals surface area contributed by atoms with Gasteiger partial charge in [-0.15, -0.1) is 0 Å². The fraction of sp³-hybridized carbons (Fsp3) is 0.400. The second-order valence-electron chi connectivity index (χ2n) is 7.02. The van der Waals surface area contributed by atoms with Gasteiger partial charge in [-0.3, -0.25) is 10.4 Å². The molecule has 0 saturated carbocycles. The fourth-order valence-electron chi connectivity index (χ4n) is 2.42. The van der Waals surface area contributed by atoms with Gasteiger partial charge in [0.2, 0.25) is 5.96 Å². The van der Waals surface area contributed by atoms with E-state index in [4.69, 9.17) is 0 Å². The number of hydrogen-bond donors (Lipinski definition) is 3. The summed E-state index contributed by atoms with van der Waals surface area (Å²) in [7, 11) is 6.54. The van der Waals surface area contributed by atoms with Crippen molar-refractivity contribution in [1.29, 1.82) is 0 Å². The summed E-state index contributed by atoms with van der Waals surface area (Å²) in [5, 5.41) is 8.64. The van der Waals surface area contributed by atoms with E-state index in [9.17, 15) is 0 Å². The van der Waals surface area contributed by atoms with Crippen molar-refractivity contribution in [3.63, 3.8) is 0 Å². The molecule has 146 valence electrons. The third-order valence-corrected chi connectivity index (χ3v) is 3.79. The highest BCUT2D eigenvalue weighted by Gasteiger charge is 2.16. The monoisotopic (exact) mass is 370 g/mol. The third kappa shape index (κ3) is 6.79. The van der Waals surface area contributed by atoms with Crippen LogP contribution in [-0.4, -0.2) is 56.3 Å². The van der Waals surface area contributed by atoms with E-state index in [-0.39, 0.29) is 0 Å². The minimum atomic E-state index is 0.553. The van der Waals surface area contributed by atoms with Gasteiger partial charge in [-0.25, -0.2) is 9.98 Å². The number of quaternary nitrogens is 1. The van der Waals surface area contributed by atoms with E-state index in [2.05, 4.69) is 47.2 Å². The Morgan fingerprint density at radius 3 is 2.56 bits per heavy atom. The Hall–Kier alpha value is -2.80. The number of aromatic nitrogens is 1. The van der Waals surface area contributed by atoms with Gasteiger partial charge in [0.15, 0.2) is 0 Å². The van der Waals surface area contributed by atoms with Crippen molar-refractivity contribution in [3.8, 4) is 0 Å². The van der Waals surface area contributed by atoms with Gasteiger partial charge in [0.25, 0.3) is 0 Å². The minimum absolute atomic E-state index is 0.553. The molecule has 0 bridgehead atoms. The molecule has 0 spiro atoms. The predicted molar refractivity (Wildman–Crippen MR) is 115 cm³/mol. The first kappa shape index (κ1) is 20.5.